The highest BCUT2D eigenvalue weighted by Crippen LogP contribution is 2.11. The molecule has 1 aromatic rings. The normalized spacial score (nSPS) is 11.8. The van der Waals surface area contributed by atoms with E-state index in [1.165, 1.54) is 18.3 Å². The molecule has 1 rings (SSSR count). The van der Waals surface area contributed by atoms with Gasteiger partial charge in [0.25, 0.3) is 0 Å². The SMILES string of the molecule is CCCC=NOS(=O)(=O)c1ccccc1. The zero-order valence-electron chi connectivity index (χ0n) is 8.46. The molecule has 5 heteroatoms. The van der Waals surface area contributed by atoms with Crippen molar-refractivity contribution in [2.45, 2.75) is 24.7 Å². The van der Waals surface area contributed by atoms with Crippen molar-refractivity contribution in [3.63, 3.8) is 0 Å². The Labute approximate surface area is 89.7 Å². The third-order valence-corrected chi connectivity index (χ3v) is 2.80. The van der Waals surface area contributed by atoms with E-state index in [1.54, 1.807) is 18.2 Å². The number of benzene rings is 1. The molecule has 0 atom stereocenters. The van der Waals surface area contributed by atoms with E-state index < -0.39 is 10.1 Å². The molecule has 1 aromatic carbocycles. The molecule has 0 aliphatic heterocycles. The van der Waals surface area contributed by atoms with Gasteiger partial charge in [0.2, 0.25) is 0 Å². The zero-order valence-corrected chi connectivity index (χ0v) is 9.28. The van der Waals surface area contributed by atoms with Crippen LogP contribution in [-0.2, 0) is 14.4 Å². The van der Waals surface area contributed by atoms with Gasteiger partial charge >= 0.3 is 10.1 Å². The quantitative estimate of drug-likeness (QED) is 0.572. The fourth-order valence-electron chi connectivity index (χ4n) is 0.899. The Morgan fingerprint density at radius 3 is 2.60 bits per heavy atom. The second kappa shape index (κ2) is 5.50. The largest absolute Gasteiger partial charge is 0.358 e. The highest BCUT2D eigenvalue weighted by molar-refractivity contribution is 7.86. The Balaban J connectivity index is 2.69. The van der Waals surface area contributed by atoms with Gasteiger partial charge in [0.1, 0.15) is 4.90 Å². The Bertz CT molecular complexity index is 412. The van der Waals surface area contributed by atoms with Gasteiger partial charge in [0.15, 0.2) is 0 Å². The van der Waals surface area contributed by atoms with Crippen LogP contribution < -0.4 is 0 Å². The molecule has 4 nitrogen and oxygen atoms in total. The van der Waals surface area contributed by atoms with Gasteiger partial charge in [-0.1, -0.05) is 36.7 Å². The van der Waals surface area contributed by atoms with Crippen molar-refractivity contribution in [2.75, 3.05) is 0 Å². The minimum atomic E-state index is -3.74. The molecule has 0 spiro atoms. The van der Waals surface area contributed by atoms with Crippen molar-refractivity contribution in [3.05, 3.63) is 30.3 Å². The molecule has 15 heavy (non-hydrogen) atoms. The van der Waals surface area contributed by atoms with E-state index in [1.807, 2.05) is 6.92 Å². The summed E-state index contributed by atoms with van der Waals surface area (Å²) in [7, 11) is -3.74. The maximum atomic E-state index is 11.5. The van der Waals surface area contributed by atoms with Crippen LogP contribution in [0.5, 0.6) is 0 Å². The van der Waals surface area contributed by atoms with E-state index in [-0.39, 0.29) is 4.90 Å². The summed E-state index contributed by atoms with van der Waals surface area (Å²) in [6.45, 7) is 1.97. The molecule has 0 unspecified atom stereocenters. The number of rotatable bonds is 5. The smallest absolute Gasteiger partial charge is 0.265 e. The molecule has 0 aliphatic rings. The highest BCUT2D eigenvalue weighted by Gasteiger charge is 2.13. The molecule has 0 aliphatic carbocycles. The Morgan fingerprint density at radius 2 is 2.00 bits per heavy atom. The molecular formula is C10H13NO3S. The average Bonchev–Trinajstić information content (AvgIpc) is 2.26. The van der Waals surface area contributed by atoms with Crippen LogP contribution in [0.1, 0.15) is 19.8 Å². The molecule has 0 saturated carbocycles. The topological polar surface area (TPSA) is 55.7 Å². The summed E-state index contributed by atoms with van der Waals surface area (Å²) in [5.41, 5.74) is 0. The van der Waals surface area contributed by atoms with Crippen LogP contribution in [0.4, 0.5) is 0 Å². The van der Waals surface area contributed by atoms with Gasteiger partial charge in [-0.25, -0.2) is 0 Å². The molecule has 0 radical (unpaired) electrons. The maximum Gasteiger partial charge on any atom is 0.358 e. The van der Waals surface area contributed by atoms with Crippen molar-refractivity contribution in [2.24, 2.45) is 5.16 Å². The van der Waals surface area contributed by atoms with E-state index in [9.17, 15) is 8.42 Å². The van der Waals surface area contributed by atoms with Crippen molar-refractivity contribution >= 4 is 16.3 Å². The van der Waals surface area contributed by atoms with Gasteiger partial charge in [-0.15, -0.1) is 0 Å². The summed E-state index contributed by atoms with van der Waals surface area (Å²) in [4.78, 5) is 0.110. The van der Waals surface area contributed by atoms with Crippen molar-refractivity contribution in [1.82, 2.24) is 0 Å². The fraction of sp³-hybridized carbons (Fsp3) is 0.300. The van der Waals surface area contributed by atoms with Crippen molar-refractivity contribution in [3.8, 4) is 0 Å². The van der Waals surface area contributed by atoms with Gasteiger partial charge in [0.05, 0.1) is 0 Å². The summed E-state index contributed by atoms with van der Waals surface area (Å²) in [6, 6.07) is 7.92. The Kier molecular flexibility index (Phi) is 4.30. The van der Waals surface area contributed by atoms with Gasteiger partial charge in [-0.2, -0.15) is 8.42 Å². The predicted octanol–water partition coefficient (Wildman–Crippen LogP) is 2.18. The van der Waals surface area contributed by atoms with Gasteiger partial charge in [0, 0.05) is 6.21 Å². The van der Waals surface area contributed by atoms with Crippen LogP contribution in [0, 0.1) is 0 Å². The molecule has 82 valence electrons. The van der Waals surface area contributed by atoms with Gasteiger partial charge in [-0.3, -0.25) is 4.28 Å². The Hall–Kier alpha value is -1.36. The second-order valence-electron chi connectivity index (χ2n) is 2.92. The first-order valence-electron chi connectivity index (χ1n) is 4.67. The predicted molar refractivity (Wildman–Crippen MR) is 58.1 cm³/mol. The van der Waals surface area contributed by atoms with Crippen LogP contribution >= 0.6 is 0 Å². The summed E-state index contributed by atoms with van der Waals surface area (Å²) in [5.74, 6) is 0. The summed E-state index contributed by atoms with van der Waals surface area (Å²) in [6.07, 6.45) is 3.04. The summed E-state index contributed by atoms with van der Waals surface area (Å²) >= 11 is 0. The lowest BCUT2D eigenvalue weighted by molar-refractivity contribution is 0.340. The van der Waals surface area contributed by atoms with Crippen LogP contribution in [0.2, 0.25) is 0 Å². The molecule has 0 fully saturated rings. The lowest BCUT2D eigenvalue weighted by atomic mass is 10.4. The van der Waals surface area contributed by atoms with Crippen LogP contribution in [0.25, 0.3) is 0 Å². The molecule has 0 N–H and O–H groups in total. The van der Waals surface area contributed by atoms with E-state index in [0.29, 0.717) is 6.42 Å². The number of oxime groups is 1. The third kappa shape index (κ3) is 3.71. The Morgan fingerprint density at radius 1 is 1.33 bits per heavy atom. The standard InChI is InChI=1S/C10H13NO3S/c1-2-3-9-11-14-15(12,13)10-7-5-4-6-8-10/h4-9H,2-3H2,1H3. The zero-order chi connectivity index (χ0) is 11.1. The number of nitrogens with zero attached hydrogens (tertiary/aromatic N) is 1. The van der Waals surface area contributed by atoms with Crippen molar-refractivity contribution < 1.29 is 12.7 Å². The molecule has 0 bridgehead atoms. The van der Waals surface area contributed by atoms with E-state index >= 15 is 0 Å². The molecular weight excluding hydrogens is 214 g/mol. The van der Waals surface area contributed by atoms with E-state index in [4.69, 9.17) is 0 Å². The minimum Gasteiger partial charge on any atom is -0.265 e. The first kappa shape index (κ1) is 11.7. The van der Waals surface area contributed by atoms with Crippen LogP contribution in [-0.4, -0.2) is 14.6 Å². The summed E-state index contributed by atoms with van der Waals surface area (Å²) < 4.78 is 27.4. The van der Waals surface area contributed by atoms with Crippen LogP contribution in [0.15, 0.2) is 40.4 Å². The van der Waals surface area contributed by atoms with Gasteiger partial charge in [-0.05, 0) is 18.6 Å². The minimum absolute atomic E-state index is 0.110. The maximum absolute atomic E-state index is 11.5. The molecule has 0 amide bonds. The molecule has 0 heterocycles. The fourth-order valence-corrected chi connectivity index (χ4v) is 1.65. The number of hydrogen-bond donors (Lipinski definition) is 0. The number of unbranched alkanes of at least 4 members (excludes halogenated alkanes) is 1. The average molecular weight is 227 g/mol. The number of hydrogen-bond acceptors (Lipinski definition) is 4. The van der Waals surface area contributed by atoms with Gasteiger partial charge < -0.3 is 0 Å². The summed E-state index contributed by atoms with van der Waals surface area (Å²) in [5, 5.41) is 3.40. The second-order valence-corrected chi connectivity index (χ2v) is 4.45. The molecule has 0 aromatic heterocycles. The van der Waals surface area contributed by atoms with Crippen LogP contribution in [0.3, 0.4) is 0 Å². The first-order chi connectivity index (χ1) is 7.17. The lowest BCUT2D eigenvalue weighted by Crippen LogP contribution is -2.02. The van der Waals surface area contributed by atoms with E-state index in [2.05, 4.69) is 9.44 Å². The molecule has 0 saturated heterocycles. The monoisotopic (exact) mass is 227 g/mol. The highest BCUT2D eigenvalue weighted by atomic mass is 32.2. The van der Waals surface area contributed by atoms with Crippen molar-refractivity contribution in [1.29, 1.82) is 0 Å². The first-order valence-corrected chi connectivity index (χ1v) is 6.08. The lowest BCUT2D eigenvalue weighted by Gasteiger charge is -1.99. The third-order valence-electron chi connectivity index (χ3n) is 1.67. The van der Waals surface area contributed by atoms with E-state index in [0.717, 1.165) is 6.42 Å².